The van der Waals surface area contributed by atoms with Crippen molar-refractivity contribution in [3.05, 3.63) is 38.3 Å². The molecule has 114 valence electrons. The van der Waals surface area contributed by atoms with Gasteiger partial charge in [-0.1, -0.05) is 12.5 Å². The van der Waals surface area contributed by atoms with Gasteiger partial charge in [-0.05, 0) is 47.9 Å². The quantitative estimate of drug-likeness (QED) is 0.650. The number of nitro benzene ring substituents is 1. The van der Waals surface area contributed by atoms with E-state index in [1.165, 1.54) is 31.4 Å². The normalized spacial score (nSPS) is 15.7. The molecule has 0 bridgehead atoms. The first-order valence-corrected chi connectivity index (χ1v) is 7.82. The number of hydrogen-bond donors (Lipinski definition) is 1. The first-order valence-electron chi connectivity index (χ1n) is 7.03. The van der Waals surface area contributed by atoms with E-state index in [0.29, 0.717) is 12.1 Å². The Labute approximate surface area is 131 Å². The van der Waals surface area contributed by atoms with Crippen molar-refractivity contribution in [2.75, 3.05) is 26.2 Å². The number of nitrogens with zero attached hydrogens (tertiary/aromatic N) is 2. The molecule has 21 heavy (non-hydrogen) atoms. The highest BCUT2D eigenvalue weighted by atomic mass is 79.9. The maximum atomic E-state index is 12.1. The van der Waals surface area contributed by atoms with Crippen molar-refractivity contribution in [2.24, 2.45) is 0 Å². The minimum absolute atomic E-state index is 0.0984. The molecule has 1 saturated heterocycles. The third kappa shape index (κ3) is 4.25. The van der Waals surface area contributed by atoms with Gasteiger partial charge in [-0.2, -0.15) is 0 Å². The first kappa shape index (κ1) is 15.9. The Balaban J connectivity index is 1.91. The second-order valence-corrected chi connectivity index (χ2v) is 5.85. The molecule has 1 heterocycles. The molecule has 1 aromatic carbocycles. The zero-order chi connectivity index (χ0) is 15.2. The Morgan fingerprint density at radius 2 is 2.05 bits per heavy atom. The molecule has 0 radical (unpaired) electrons. The number of halogens is 1. The maximum absolute atomic E-state index is 12.1. The molecule has 7 heteroatoms. The molecule has 1 fully saturated rings. The van der Waals surface area contributed by atoms with Crippen LogP contribution >= 0.6 is 15.9 Å². The molecule has 0 unspecified atom stereocenters. The van der Waals surface area contributed by atoms with Gasteiger partial charge < -0.3 is 10.2 Å². The van der Waals surface area contributed by atoms with Crippen molar-refractivity contribution in [2.45, 2.75) is 19.3 Å². The lowest BCUT2D eigenvalue weighted by atomic mass is 10.1. The smallest absolute Gasteiger partial charge is 0.284 e. The van der Waals surface area contributed by atoms with Gasteiger partial charge in [0.1, 0.15) is 4.47 Å². The van der Waals surface area contributed by atoms with E-state index in [0.717, 1.165) is 19.6 Å². The number of amides is 1. The molecular weight excluding hydrogens is 338 g/mol. The summed E-state index contributed by atoms with van der Waals surface area (Å²) in [6.07, 6.45) is 3.71. The van der Waals surface area contributed by atoms with Crippen LogP contribution in [0.5, 0.6) is 0 Å². The van der Waals surface area contributed by atoms with Gasteiger partial charge in [-0.25, -0.2) is 0 Å². The highest BCUT2D eigenvalue weighted by molar-refractivity contribution is 9.10. The highest BCUT2D eigenvalue weighted by Crippen LogP contribution is 2.28. The summed E-state index contributed by atoms with van der Waals surface area (Å²) in [6, 6.07) is 4.46. The van der Waals surface area contributed by atoms with E-state index in [1.54, 1.807) is 6.07 Å². The number of nitrogens with one attached hydrogen (secondary N) is 1. The van der Waals surface area contributed by atoms with Crippen LogP contribution in [0, 0.1) is 10.1 Å². The van der Waals surface area contributed by atoms with Gasteiger partial charge in [0.05, 0.1) is 10.5 Å². The molecular formula is C14H18BrN3O3. The van der Waals surface area contributed by atoms with E-state index in [4.69, 9.17) is 0 Å². The minimum Gasteiger partial charge on any atom is -0.351 e. The lowest BCUT2D eigenvalue weighted by Crippen LogP contribution is -2.37. The SMILES string of the molecule is O=C(NCCN1CCCCC1)c1cccc([N+](=O)[O-])c1Br. The van der Waals surface area contributed by atoms with Gasteiger partial charge in [0.25, 0.3) is 11.6 Å². The highest BCUT2D eigenvalue weighted by Gasteiger charge is 2.19. The van der Waals surface area contributed by atoms with E-state index < -0.39 is 4.92 Å². The first-order chi connectivity index (χ1) is 10.1. The van der Waals surface area contributed by atoms with Crippen molar-refractivity contribution in [1.29, 1.82) is 0 Å². The van der Waals surface area contributed by atoms with E-state index in [-0.39, 0.29) is 16.1 Å². The fraction of sp³-hybridized carbons (Fsp3) is 0.500. The number of carbonyl (C=O) groups excluding carboxylic acids is 1. The van der Waals surface area contributed by atoms with E-state index in [9.17, 15) is 14.9 Å². The van der Waals surface area contributed by atoms with Crippen molar-refractivity contribution in [1.82, 2.24) is 10.2 Å². The lowest BCUT2D eigenvalue weighted by molar-refractivity contribution is -0.385. The van der Waals surface area contributed by atoms with Crippen LogP contribution in [0.2, 0.25) is 0 Å². The van der Waals surface area contributed by atoms with Crippen molar-refractivity contribution >= 4 is 27.5 Å². The monoisotopic (exact) mass is 355 g/mol. The molecule has 0 atom stereocenters. The van der Waals surface area contributed by atoms with Gasteiger partial charge in [-0.3, -0.25) is 14.9 Å². The molecule has 1 amide bonds. The summed E-state index contributed by atoms with van der Waals surface area (Å²) in [5.41, 5.74) is 0.196. The van der Waals surface area contributed by atoms with Crippen LogP contribution in [0.25, 0.3) is 0 Å². The second-order valence-electron chi connectivity index (χ2n) is 5.05. The summed E-state index contributed by atoms with van der Waals surface area (Å²) in [5.74, 6) is -0.289. The van der Waals surface area contributed by atoms with Crippen LogP contribution in [0.15, 0.2) is 22.7 Å². The van der Waals surface area contributed by atoms with Gasteiger partial charge >= 0.3 is 0 Å². The zero-order valence-electron chi connectivity index (χ0n) is 11.7. The largest absolute Gasteiger partial charge is 0.351 e. The standard InChI is InChI=1S/C14H18BrN3O3/c15-13-11(5-4-6-12(13)18(20)21)14(19)16-7-10-17-8-2-1-3-9-17/h4-6H,1-3,7-10H2,(H,16,19). The number of carbonyl (C=O) groups is 1. The molecule has 1 N–H and O–H groups in total. The van der Waals surface area contributed by atoms with E-state index >= 15 is 0 Å². The average Bonchev–Trinajstić information content (AvgIpc) is 2.48. The van der Waals surface area contributed by atoms with Gasteiger partial charge in [0.15, 0.2) is 0 Å². The van der Waals surface area contributed by atoms with Crippen molar-refractivity contribution in [3.63, 3.8) is 0 Å². The van der Waals surface area contributed by atoms with Crippen LogP contribution in [-0.4, -0.2) is 41.9 Å². The summed E-state index contributed by atoms with van der Waals surface area (Å²) < 4.78 is 0.227. The van der Waals surface area contributed by atoms with Crippen molar-refractivity contribution < 1.29 is 9.72 Å². The second kappa shape index (κ2) is 7.51. The van der Waals surface area contributed by atoms with Gasteiger partial charge in [0, 0.05) is 19.2 Å². The van der Waals surface area contributed by atoms with Gasteiger partial charge in [-0.15, -0.1) is 0 Å². The number of benzene rings is 1. The molecule has 0 spiro atoms. The molecule has 0 aliphatic carbocycles. The van der Waals surface area contributed by atoms with E-state index in [1.807, 2.05) is 0 Å². The predicted molar refractivity (Wildman–Crippen MR) is 83.4 cm³/mol. The molecule has 1 aliphatic rings. The molecule has 1 aliphatic heterocycles. The molecule has 0 saturated carbocycles. The maximum Gasteiger partial charge on any atom is 0.284 e. The summed E-state index contributed by atoms with van der Waals surface area (Å²) in [7, 11) is 0. The molecule has 1 aromatic rings. The molecule has 6 nitrogen and oxygen atoms in total. The summed E-state index contributed by atoms with van der Waals surface area (Å²) in [5, 5.41) is 13.7. The third-order valence-electron chi connectivity index (χ3n) is 3.58. The zero-order valence-corrected chi connectivity index (χ0v) is 13.3. The summed E-state index contributed by atoms with van der Waals surface area (Å²) >= 11 is 3.14. The third-order valence-corrected chi connectivity index (χ3v) is 4.42. The Hall–Kier alpha value is -1.47. The van der Waals surface area contributed by atoms with Crippen LogP contribution < -0.4 is 5.32 Å². The number of likely N-dealkylation sites (tertiary alicyclic amines) is 1. The molecule has 2 rings (SSSR count). The topological polar surface area (TPSA) is 75.5 Å². The van der Waals surface area contributed by atoms with Crippen molar-refractivity contribution in [3.8, 4) is 0 Å². The minimum atomic E-state index is -0.505. The van der Waals surface area contributed by atoms with Crippen LogP contribution in [0.4, 0.5) is 5.69 Å². The average molecular weight is 356 g/mol. The van der Waals surface area contributed by atoms with Crippen LogP contribution in [0.1, 0.15) is 29.6 Å². The lowest BCUT2D eigenvalue weighted by Gasteiger charge is -2.26. The Morgan fingerprint density at radius 3 is 2.71 bits per heavy atom. The number of rotatable bonds is 5. The predicted octanol–water partition coefficient (Wildman–Crippen LogP) is 2.57. The summed E-state index contributed by atoms with van der Waals surface area (Å²) in [4.78, 5) is 24.8. The number of nitro groups is 1. The fourth-order valence-electron chi connectivity index (χ4n) is 2.44. The Bertz CT molecular complexity index is 530. The Morgan fingerprint density at radius 1 is 1.33 bits per heavy atom. The fourth-order valence-corrected chi connectivity index (χ4v) is 3.03. The van der Waals surface area contributed by atoms with Crippen LogP contribution in [0.3, 0.4) is 0 Å². The Kier molecular flexibility index (Phi) is 5.69. The van der Waals surface area contributed by atoms with Crippen LogP contribution in [-0.2, 0) is 0 Å². The van der Waals surface area contributed by atoms with Gasteiger partial charge in [0.2, 0.25) is 0 Å². The molecule has 0 aromatic heterocycles. The number of hydrogen-bond acceptors (Lipinski definition) is 4. The summed E-state index contributed by atoms with van der Waals surface area (Å²) in [6.45, 7) is 3.53. The van der Waals surface area contributed by atoms with E-state index in [2.05, 4.69) is 26.1 Å². The number of piperidine rings is 1.